The minimum absolute atomic E-state index is 0.201. The number of benzene rings is 1. The van der Waals surface area contributed by atoms with Gasteiger partial charge in [-0.15, -0.1) is 0 Å². The molecule has 0 fully saturated rings. The number of imide groups is 1. The number of anilines is 1. The first-order valence-corrected chi connectivity index (χ1v) is 7.21. The summed E-state index contributed by atoms with van der Waals surface area (Å²) in [6, 6.07) is 6.29. The zero-order valence-corrected chi connectivity index (χ0v) is 13.5. The van der Waals surface area contributed by atoms with E-state index in [4.69, 9.17) is 11.6 Å². The smallest absolute Gasteiger partial charge is 0.279 e. The zero-order chi connectivity index (χ0) is 18.6. The monoisotopic (exact) mass is 372 g/mol. The molecule has 0 aliphatic heterocycles. The summed E-state index contributed by atoms with van der Waals surface area (Å²) in [4.78, 5) is 27.0. The van der Waals surface area contributed by atoms with E-state index in [0.29, 0.717) is 12.3 Å². The van der Waals surface area contributed by atoms with Crippen LogP contribution in [0.1, 0.15) is 21.5 Å². The van der Waals surface area contributed by atoms with Gasteiger partial charge in [-0.1, -0.05) is 29.3 Å². The van der Waals surface area contributed by atoms with Crippen molar-refractivity contribution in [3.8, 4) is 0 Å². The van der Waals surface area contributed by atoms with Gasteiger partial charge in [-0.05, 0) is 25.1 Å². The van der Waals surface area contributed by atoms with Crippen LogP contribution in [0.2, 0.25) is 5.02 Å². The number of amides is 3. The van der Waals surface area contributed by atoms with E-state index >= 15 is 0 Å². The minimum Gasteiger partial charge on any atom is -0.279 e. The van der Waals surface area contributed by atoms with Crippen LogP contribution in [0.5, 0.6) is 0 Å². The van der Waals surface area contributed by atoms with Crippen molar-refractivity contribution < 1.29 is 22.8 Å². The molecular weight excluding hydrogens is 361 g/mol. The second kappa shape index (κ2) is 7.39. The number of nitrogens with zero attached hydrogens (tertiary/aromatic N) is 1. The average Bonchev–Trinajstić information content (AvgIpc) is 2.52. The van der Waals surface area contributed by atoms with Gasteiger partial charge >= 0.3 is 12.2 Å². The van der Waals surface area contributed by atoms with E-state index < -0.39 is 23.7 Å². The molecule has 132 valence electrons. The molecule has 3 N–H and O–H groups in total. The van der Waals surface area contributed by atoms with Crippen LogP contribution in [0.25, 0.3) is 0 Å². The van der Waals surface area contributed by atoms with Crippen molar-refractivity contribution in [3.63, 3.8) is 0 Å². The molecule has 0 bridgehead atoms. The molecule has 0 radical (unpaired) electrons. The van der Waals surface area contributed by atoms with Crippen LogP contribution in [0.15, 0.2) is 36.5 Å². The number of carbonyl (C=O) groups excluding carboxylic acids is 2. The largest absolute Gasteiger partial charge is 0.417 e. The maximum atomic E-state index is 12.5. The Hall–Kier alpha value is -2.81. The Morgan fingerprint density at radius 1 is 1.20 bits per heavy atom. The highest BCUT2D eigenvalue weighted by Crippen LogP contribution is 2.32. The van der Waals surface area contributed by atoms with Crippen molar-refractivity contribution in [2.75, 3.05) is 5.43 Å². The number of hydrogen-bond acceptors (Lipinski definition) is 4. The lowest BCUT2D eigenvalue weighted by Gasteiger charge is -2.12. The Labute approximate surface area is 145 Å². The fraction of sp³-hybridized carbons (Fsp3) is 0.133. The number of carbonyl (C=O) groups is 2. The molecule has 0 atom stereocenters. The third-order valence-electron chi connectivity index (χ3n) is 2.97. The normalized spacial score (nSPS) is 10.9. The number of alkyl halides is 3. The molecule has 0 saturated carbocycles. The van der Waals surface area contributed by atoms with Crippen LogP contribution in [0.3, 0.4) is 0 Å². The quantitative estimate of drug-likeness (QED) is 0.720. The Bertz CT molecular complexity index is 812. The molecule has 3 amide bonds. The van der Waals surface area contributed by atoms with Gasteiger partial charge in [0.15, 0.2) is 5.82 Å². The highest BCUT2D eigenvalue weighted by Gasteiger charge is 2.31. The lowest BCUT2D eigenvalue weighted by molar-refractivity contribution is -0.137. The van der Waals surface area contributed by atoms with Gasteiger partial charge in [-0.25, -0.2) is 15.2 Å². The maximum absolute atomic E-state index is 12.5. The van der Waals surface area contributed by atoms with Gasteiger partial charge in [0.1, 0.15) is 0 Å². The number of hydrogen-bond donors (Lipinski definition) is 3. The molecule has 0 unspecified atom stereocenters. The SMILES string of the molecule is Cc1cccc(C(=O)NC(=O)NNc2ncc(C(F)(F)F)cc2Cl)c1. The van der Waals surface area contributed by atoms with Crippen molar-refractivity contribution in [3.05, 3.63) is 58.2 Å². The Morgan fingerprint density at radius 3 is 2.52 bits per heavy atom. The summed E-state index contributed by atoms with van der Waals surface area (Å²) >= 11 is 5.67. The van der Waals surface area contributed by atoms with Gasteiger partial charge in [0.05, 0.1) is 10.6 Å². The van der Waals surface area contributed by atoms with Crippen molar-refractivity contribution >= 4 is 29.4 Å². The predicted molar refractivity (Wildman–Crippen MR) is 85.0 cm³/mol. The van der Waals surface area contributed by atoms with Gasteiger partial charge in [0.2, 0.25) is 0 Å². The molecule has 2 aromatic rings. The molecule has 1 heterocycles. The fourth-order valence-corrected chi connectivity index (χ4v) is 2.01. The van der Waals surface area contributed by atoms with Crippen molar-refractivity contribution in [2.24, 2.45) is 0 Å². The lowest BCUT2D eigenvalue weighted by atomic mass is 10.1. The molecule has 1 aromatic heterocycles. The number of urea groups is 1. The summed E-state index contributed by atoms with van der Waals surface area (Å²) in [7, 11) is 0. The summed E-state index contributed by atoms with van der Waals surface area (Å²) in [6.07, 6.45) is -4.02. The first-order valence-electron chi connectivity index (χ1n) is 6.83. The molecule has 0 saturated heterocycles. The topological polar surface area (TPSA) is 83.1 Å². The van der Waals surface area contributed by atoms with E-state index in [1.54, 1.807) is 25.1 Å². The highest BCUT2D eigenvalue weighted by atomic mass is 35.5. The second-order valence-electron chi connectivity index (χ2n) is 4.95. The standard InChI is InChI=1S/C15H12ClF3N4O2/c1-8-3-2-4-9(5-8)13(24)21-14(25)23-22-12-11(16)6-10(7-20-12)15(17,18)19/h2-7H,1H3,(H,20,22)(H2,21,23,24,25). The third-order valence-corrected chi connectivity index (χ3v) is 3.26. The third kappa shape index (κ3) is 5.08. The number of aryl methyl sites for hydroxylation is 1. The summed E-state index contributed by atoms with van der Waals surface area (Å²) in [6.45, 7) is 1.79. The van der Waals surface area contributed by atoms with E-state index in [1.165, 1.54) is 6.07 Å². The minimum atomic E-state index is -4.58. The Morgan fingerprint density at radius 2 is 1.92 bits per heavy atom. The summed E-state index contributed by atoms with van der Waals surface area (Å²) in [5, 5.41) is 1.70. The van der Waals surface area contributed by atoms with E-state index in [9.17, 15) is 22.8 Å². The fourth-order valence-electron chi connectivity index (χ4n) is 1.79. The summed E-state index contributed by atoms with van der Waals surface area (Å²) in [5.74, 6) is -0.845. The van der Waals surface area contributed by atoms with Crippen molar-refractivity contribution in [1.82, 2.24) is 15.7 Å². The second-order valence-corrected chi connectivity index (χ2v) is 5.36. The maximum Gasteiger partial charge on any atom is 0.417 e. The van der Waals surface area contributed by atoms with Crippen LogP contribution in [-0.4, -0.2) is 16.9 Å². The first kappa shape index (κ1) is 18.5. The number of rotatable bonds is 3. The first-order chi connectivity index (χ1) is 11.7. The Balaban J connectivity index is 1.95. The van der Waals surface area contributed by atoms with E-state index in [0.717, 1.165) is 5.56 Å². The molecular formula is C15H12ClF3N4O2. The molecule has 0 aliphatic carbocycles. The molecule has 2 rings (SSSR count). The van der Waals surface area contributed by atoms with Gasteiger partial charge in [0.25, 0.3) is 5.91 Å². The van der Waals surface area contributed by atoms with Crippen LogP contribution in [0, 0.1) is 6.92 Å². The van der Waals surface area contributed by atoms with Crippen LogP contribution in [-0.2, 0) is 6.18 Å². The van der Waals surface area contributed by atoms with E-state index in [-0.39, 0.29) is 16.4 Å². The molecule has 1 aromatic carbocycles. The number of hydrazine groups is 1. The van der Waals surface area contributed by atoms with Crippen LogP contribution in [0.4, 0.5) is 23.8 Å². The predicted octanol–water partition coefficient (Wildman–Crippen LogP) is 3.53. The number of nitrogens with one attached hydrogen (secondary N) is 3. The number of aromatic nitrogens is 1. The van der Waals surface area contributed by atoms with Gasteiger partial charge < -0.3 is 0 Å². The molecule has 0 aliphatic rings. The number of halogens is 4. The van der Waals surface area contributed by atoms with Crippen molar-refractivity contribution in [2.45, 2.75) is 13.1 Å². The zero-order valence-electron chi connectivity index (χ0n) is 12.7. The molecule has 25 heavy (non-hydrogen) atoms. The number of pyridine rings is 1. The van der Waals surface area contributed by atoms with Crippen LogP contribution >= 0.6 is 11.6 Å². The molecule has 6 nitrogen and oxygen atoms in total. The van der Waals surface area contributed by atoms with Crippen molar-refractivity contribution in [1.29, 1.82) is 0 Å². The highest BCUT2D eigenvalue weighted by molar-refractivity contribution is 6.33. The molecule has 10 heteroatoms. The van der Waals surface area contributed by atoms with Gasteiger partial charge in [-0.3, -0.25) is 15.5 Å². The van der Waals surface area contributed by atoms with Gasteiger partial charge in [0, 0.05) is 11.8 Å². The molecule has 0 spiro atoms. The van der Waals surface area contributed by atoms with E-state index in [2.05, 4.69) is 15.8 Å². The average molecular weight is 373 g/mol. The van der Waals surface area contributed by atoms with Gasteiger partial charge in [-0.2, -0.15) is 13.2 Å². The lowest BCUT2D eigenvalue weighted by Crippen LogP contribution is -2.42. The summed E-state index contributed by atoms with van der Waals surface area (Å²) < 4.78 is 37.5. The van der Waals surface area contributed by atoms with Crippen LogP contribution < -0.4 is 16.2 Å². The van der Waals surface area contributed by atoms with E-state index in [1.807, 2.05) is 5.32 Å². The Kier molecular flexibility index (Phi) is 5.48. The summed E-state index contributed by atoms with van der Waals surface area (Å²) in [5.41, 5.74) is 4.39.